The molecule has 4 aromatic rings. The number of hydrogen-bond donors (Lipinski definition) is 0. The normalized spacial score (nSPS) is 10.9. The van der Waals surface area contributed by atoms with Crippen molar-refractivity contribution in [2.75, 3.05) is 0 Å². The van der Waals surface area contributed by atoms with Crippen molar-refractivity contribution in [3.05, 3.63) is 78.2 Å². The van der Waals surface area contributed by atoms with Crippen LogP contribution in [0.25, 0.3) is 28.2 Å². The SMILES string of the molecule is CCc1cnc2nc(-c3ccc(C=O)cc3)c(-c3ccccc3)cn12. The minimum atomic E-state index is 0.653. The van der Waals surface area contributed by atoms with Crippen LogP contribution in [0.5, 0.6) is 0 Å². The van der Waals surface area contributed by atoms with Crippen LogP contribution in [0.15, 0.2) is 67.0 Å². The highest BCUT2D eigenvalue weighted by atomic mass is 16.1. The summed E-state index contributed by atoms with van der Waals surface area (Å²) in [6.45, 7) is 2.11. The van der Waals surface area contributed by atoms with Gasteiger partial charge in [0.25, 0.3) is 0 Å². The predicted octanol–water partition coefficient (Wildman–Crippen LogP) is 4.44. The monoisotopic (exact) mass is 327 g/mol. The average Bonchev–Trinajstić information content (AvgIpc) is 3.10. The molecule has 2 aromatic carbocycles. The molecule has 0 saturated heterocycles. The maximum absolute atomic E-state index is 10.9. The van der Waals surface area contributed by atoms with Gasteiger partial charge < -0.3 is 0 Å². The second-order valence-corrected chi connectivity index (χ2v) is 5.88. The zero-order valence-electron chi connectivity index (χ0n) is 13.9. The Morgan fingerprint density at radius 3 is 2.44 bits per heavy atom. The van der Waals surface area contributed by atoms with Crippen molar-refractivity contribution in [1.82, 2.24) is 14.4 Å². The number of hydrogen-bond acceptors (Lipinski definition) is 3. The van der Waals surface area contributed by atoms with Gasteiger partial charge in [0.2, 0.25) is 5.78 Å². The summed E-state index contributed by atoms with van der Waals surface area (Å²) in [5.41, 5.74) is 5.75. The van der Waals surface area contributed by atoms with Crippen LogP contribution < -0.4 is 0 Å². The van der Waals surface area contributed by atoms with E-state index in [-0.39, 0.29) is 0 Å². The van der Waals surface area contributed by atoms with Crippen LogP contribution in [0.3, 0.4) is 0 Å². The molecule has 0 spiro atoms. The molecule has 0 unspecified atom stereocenters. The van der Waals surface area contributed by atoms with E-state index in [0.29, 0.717) is 11.3 Å². The molecule has 2 heterocycles. The molecule has 4 rings (SSSR count). The van der Waals surface area contributed by atoms with Gasteiger partial charge in [-0.15, -0.1) is 0 Å². The standard InChI is InChI=1S/C21H17N3O/c1-2-18-12-22-21-23-20(17-10-8-15(14-25)9-11-17)19(13-24(18)21)16-6-4-3-5-7-16/h3-14H,2H2,1H3. The van der Waals surface area contributed by atoms with Crippen LogP contribution in [0, 0.1) is 0 Å². The van der Waals surface area contributed by atoms with Crippen molar-refractivity contribution in [2.45, 2.75) is 13.3 Å². The third kappa shape index (κ3) is 2.72. The van der Waals surface area contributed by atoms with Gasteiger partial charge in [0.05, 0.1) is 11.9 Å². The van der Waals surface area contributed by atoms with Crippen LogP contribution in [0.4, 0.5) is 0 Å². The zero-order valence-corrected chi connectivity index (χ0v) is 13.9. The van der Waals surface area contributed by atoms with E-state index in [1.165, 1.54) is 0 Å². The zero-order chi connectivity index (χ0) is 17.2. The van der Waals surface area contributed by atoms with Gasteiger partial charge in [0.1, 0.15) is 6.29 Å². The topological polar surface area (TPSA) is 47.3 Å². The molecule has 0 atom stereocenters. The highest BCUT2D eigenvalue weighted by molar-refractivity contribution is 5.83. The molecule has 0 saturated carbocycles. The molecule has 0 radical (unpaired) electrons. The van der Waals surface area contributed by atoms with E-state index in [4.69, 9.17) is 4.98 Å². The van der Waals surface area contributed by atoms with E-state index in [1.807, 2.05) is 53.1 Å². The lowest BCUT2D eigenvalue weighted by Gasteiger charge is -2.11. The Morgan fingerprint density at radius 2 is 1.76 bits per heavy atom. The Bertz CT molecular complexity index is 1030. The molecule has 0 N–H and O–H groups in total. The van der Waals surface area contributed by atoms with Crippen LogP contribution in [-0.4, -0.2) is 20.7 Å². The highest BCUT2D eigenvalue weighted by Crippen LogP contribution is 2.31. The third-order valence-electron chi connectivity index (χ3n) is 4.35. The number of imidazole rings is 1. The number of aryl methyl sites for hydroxylation is 1. The van der Waals surface area contributed by atoms with E-state index < -0.39 is 0 Å². The summed E-state index contributed by atoms with van der Waals surface area (Å²) < 4.78 is 2.05. The first-order valence-corrected chi connectivity index (χ1v) is 8.28. The van der Waals surface area contributed by atoms with Crippen LogP contribution in [0.2, 0.25) is 0 Å². The summed E-state index contributed by atoms with van der Waals surface area (Å²) in [7, 11) is 0. The molecular formula is C21H17N3O. The van der Waals surface area contributed by atoms with Crippen molar-refractivity contribution < 1.29 is 4.79 Å². The fourth-order valence-corrected chi connectivity index (χ4v) is 2.99. The molecular weight excluding hydrogens is 310 g/mol. The van der Waals surface area contributed by atoms with Crippen molar-refractivity contribution in [1.29, 1.82) is 0 Å². The van der Waals surface area contributed by atoms with E-state index in [1.54, 1.807) is 0 Å². The molecule has 0 aliphatic rings. The predicted molar refractivity (Wildman–Crippen MR) is 98.6 cm³/mol. The minimum absolute atomic E-state index is 0.653. The number of aldehydes is 1. The molecule has 0 aliphatic carbocycles. The summed E-state index contributed by atoms with van der Waals surface area (Å²) in [5, 5.41) is 0. The van der Waals surface area contributed by atoms with Crippen molar-refractivity contribution >= 4 is 12.1 Å². The number of rotatable bonds is 4. The maximum Gasteiger partial charge on any atom is 0.234 e. The Morgan fingerprint density at radius 1 is 1.00 bits per heavy atom. The number of fused-ring (bicyclic) bond motifs is 1. The van der Waals surface area contributed by atoms with Crippen molar-refractivity contribution in [2.24, 2.45) is 0 Å². The van der Waals surface area contributed by atoms with E-state index in [9.17, 15) is 4.79 Å². The summed E-state index contributed by atoms with van der Waals surface area (Å²) >= 11 is 0. The van der Waals surface area contributed by atoms with Crippen LogP contribution in [0.1, 0.15) is 23.0 Å². The second-order valence-electron chi connectivity index (χ2n) is 5.88. The van der Waals surface area contributed by atoms with E-state index >= 15 is 0 Å². The molecule has 0 amide bonds. The van der Waals surface area contributed by atoms with Crippen molar-refractivity contribution in [3.8, 4) is 22.4 Å². The van der Waals surface area contributed by atoms with Gasteiger partial charge in [0, 0.05) is 28.6 Å². The first-order chi connectivity index (χ1) is 12.3. The summed E-state index contributed by atoms with van der Waals surface area (Å²) in [6.07, 6.45) is 5.72. The summed E-state index contributed by atoms with van der Waals surface area (Å²) in [4.78, 5) is 20.2. The number of aromatic nitrogens is 3. The minimum Gasteiger partial charge on any atom is -0.298 e. The fraction of sp³-hybridized carbons (Fsp3) is 0.0952. The van der Waals surface area contributed by atoms with Gasteiger partial charge >= 0.3 is 0 Å². The Kier molecular flexibility index (Phi) is 3.86. The third-order valence-corrected chi connectivity index (χ3v) is 4.35. The molecule has 122 valence electrons. The van der Waals surface area contributed by atoms with Crippen LogP contribution in [-0.2, 0) is 6.42 Å². The van der Waals surface area contributed by atoms with Gasteiger partial charge in [-0.3, -0.25) is 9.20 Å². The van der Waals surface area contributed by atoms with Crippen LogP contribution >= 0.6 is 0 Å². The summed E-state index contributed by atoms with van der Waals surface area (Å²) in [6, 6.07) is 17.7. The number of nitrogens with zero attached hydrogens (tertiary/aromatic N) is 3. The average molecular weight is 327 g/mol. The lowest BCUT2D eigenvalue weighted by molar-refractivity contribution is 0.112. The highest BCUT2D eigenvalue weighted by Gasteiger charge is 2.13. The number of carbonyl (C=O) groups is 1. The lowest BCUT2D eigenvalue weighted by Crippen LogP contribution is -1.98. The fourth-order valence-electron chi connectivity index (χ4n) is 2.99. The molecule has 0 bridgehead atoms. The van der Waals surface area contributed by atoms with Gasteiger partial charge in [-0.25, -0.2) is 9.97 Å². The van der Waals surface area contributed by atoms with E-state index in [0.717, 1.165) is 40.8 Å². The first kappa shape index (κ1) is 15.3. The molecule has 2 aromatic heterocycles. The molecule has 4 nitrogen and oxygen atoms in total. The Hall–Kier alpha value is -3.27. The molecule has 25 heavy (non-hydrogen) atoms. The smallest absolute Gasteiger partial charge is 0.234 e. The maximum atomic E-state index is 10.9. The molecule has 4 heteroatoms. The Balaban J connectivity index is 1.99. The van der Waals surface area contributed by atoms with Gasteiger partial charge in [0.15, 0.2) is 0 Å². The van der Waals surface area contributed by atoms with Crippen molar-refractivity contribution in [3.63, 3.8) is 0 Å². The largest absolute Gasteiger partial charge is 0.298 e. The molecule has 0 aliphatic heterocycles. The Labute approximate surface area is 145 Å². The quantitative estimate of drug-likeness (QED) is 0.521. The first-order valence-electron chi connectivity index (χ1n) is 8.28. The lowest BCUT2D eigenvalue weighted by atomic mass is 10.00. The second kappa shape index (κ2) is 6.32. The van der Waals surface area contributed by atoms with Gasteiger partial charge in [-0.1, -0.05) is 61.5 Å². The van der Waals surface area contributed by atoms with Gasteiger partial charge in [-0.05, 0) is 12.0 Å². The van der Waals surface area contributed by atoms with E-state index in [2.05, 4.69) is 30.2 Å². The summed E-state index contributed by atoms with van der Waals surface area (Å²) in [5.74, 6) is 0.686. The van der Waals surface area contributed by atoms with Gasteiger partial charge in [-0.2, -0.15) is 0 Å². The number of carbonyl (C=O) groups excluding carboxylic acids is 1. The number of benzene rings is 2. The molecule has 0 fully saturated rings.